The van der Waals surface area contributed by atoms with E-state index in [1.165, 1.54) is 0 Å². The summed E-state index contributed by atoms with van der Waals surface area (Å²) in [4.78, 5) is 2.87. The highest BCUT2D eigenvalue weighted by molar-refractivity contribution is 7.80. The Labute approximate surface area is 93.4 Å². The molecule has 1 aliphatic rings. The first-order valence-electron chi connectivity index (χ1n) is 4.40. The van der Waals surface area contributed by atoms with Crippen molar-refractivity contribution in [1.82, 2.24) is 4.90 Å². The molecule has 0 aliphatic carbocycles. The van der Waals surface area contributed by atoms with Gasteiger partial charge in [0.05, 0.1) is 6.61 Å². The summed E-state index contributed by atoms with van der Waals surface area (Å²) in [7, 11) is 0. The molecule has 0 aromatic heterocycles. The van der Waals surface area contributed by atoms with E-state index in [4.69, 9.17) is 28.6 Å². The van der Waals surface area contributed by atoms with Gasteiger partial charge in [0.25, 0.3) is 0 Å². The molecular formula is C10H10ClNOS. The summed E-state index contributed by atoms with van der Waals surface area (Å²) in [5, 5.41) is 0.731. The largest absolute Gasteiger partial charge is 0.359 e. The lowest BCUT2D eigenvalue weighted by Gasteiger charge is -2.16. The molecule has 14 heavy (non-hydrogen) atoms. The number of benzene rings is 1. The lowest BCUT2D eigenvalue weighted by atomic mass is 10.2. The van der Waals surface area contributed by atoms with Crippen LogP contribution in [0.3, 0.4) is 0 Å². The van der Waals surface area contributed by atoms with Gasteiger partial charge in [0.15, 0.2) is 0 Å². The van der Waals surface area contributed by atoms with Crippen LogP contribution in [0.15, 0.2) is 24.3 Å². The fraction of sp³-hybridized carbons (Fsp3) is 0.300. The molecule has 0 saturated carbocycles. The van der Waals surface area contributed by atoms with Crippen LogP contribution >= 0.6 is 23.8 Å². The molecule has 0 atom stereocenters. The van der Waals surface area contributed by atoms with Gasteiger partial charge in [-0.3, -0.25) is 0 Å². The molecule has 2 rings (SSSR count). The minimum atomic E-state index is 0.599. The summed E-state index contributed by atoms with van der Waals surface area (Å²) in [6.07, 6.45) is 0. The van der Waals surface area contributed by atoms with Gasteiger partial charge in [-0.15, -0.1) is 0 Å². The van der Waals surface area contributed by atoms with E-state index in [9.17, 15) is 0 Å². The number of hydrogen-bond donors (Lipinski definition) is 0. The van der Waals surface area contributed by atoms with Crippen molar-refractivity contribution in [2.75, 3.05) is 19.9 Å². The van der Waals surface area contributed by atoms with E-state index in [-0.39, 0.29) is 0 Å². The molecule has 1 aromatic rings. The number of ether oxygens (including phenoxy) is 1. The van der Waals surface area contributed by atoms with Crippen molar-refractivity contribution < 1.29 is 4.74 Å². The SMILES string of the molecule is S=C(c1ccc(Cl)cc1)N1CCOC1. The quantitative estimate of drug-likeness (QED) is 0.684. The van der Waals surface area contributed by atoms with E-state index in [1.54, 1.807) is 0 Å². The first kappa shape index (κ1) is 9.90. The molecule has 1 heterocycles. The minimum absolute atomic E-state index is 0.599. The maximum Gasteiger partial charge on any atom is 0.119 e. The first-order chi connectivity index (χ1) is 6.77. The minimum Gasteiger partial charge on any atom is -0.359 e. The zero-order chi connectivity index (χ0) is 9.97. The molecule has 0 unspecified atom stereocenters. The van der Waals surface area contributed by atoms with Gasteiger partial charge in [-0.1, -0.05) is 36.0 Å². The van der Waals surface area contributed by atoms with Gasteiger partial charge >= 0.3 is 0 Å². The van der Waals surface area contributed by atoms with Crippen molar-refractivity contribution in [3.05, 3.63) is 34.9 Å². The van der Waals surface area contributed by atoms with E-state index in [0.717, 1.165) is 28.7 Å². The van der Waals surface area contributed by atoms with Crippen LogP contribution in [0.4, 0.5) is 0 Å². The molecule has 4 heteroatoms. The summed E-state index contributed by atoms with van der Waals surface area (Å²) >= 11 is 11.1. The van der Waals surface area contributed by atoms with E-state index in [1.807, 2.05) is 29.2 Å². The predicted molar refractivity (Wildman–Crippen MR) is 60.7 cm³/mol. The van der Waals surface area contributed by atoms with Crippen LogP contribution in [0.25, 0.3) is 0 Å². The fourth-order valence-electron chi connectivity index (χ4n) is 1.35. The highest BCUT2D eigenvalue weighted by atomic mass is 35.5. The van der Waals surface area contributed by atoms with Crippen LogP contribution in [0.5, 0.6) is 0 Å². The summed E-state index contributed by atoms with van der Waals surface area (Å²) in [5.74, 6) is 0. The molecule has 1 saturated heterocycles. The van der Waals surface area contributed by atoms with Crippen molar-refractivity contribution in [3.8, 4) is 0 Å². The highest BCUT2D eigenvalue weighted by Crippen LogP contribution is 2.13. The van der Waals surface area contributed by atoms with Gasteiger partial charge in [-0.05, 0) is 12.1 Å². The Morgan fingerprint density at radius 1 is 1.36 bits per heavy atom. The van der Waals surface area contributed by atoms with Crippen LogP contribution in [0.1, 0.15) is 5.56 Å². The number of hydrogen-bond acceptors (Lipinski definition) is 2. The molecule has 1 aromatic carbocycles. The second-order valence-corrected chi connectivity index (χ2v) is 3.94. The third-order valence-electron chi connectivity index (χ3n) is 2.13. The molecule has 0 radical (unpaired) electrons. The second kappa shape index (κ2) is 4.26. The van der Waals surface area contributed by atoms with Gasteiger partial charge in [0, 0.05) is 17.1 Å². The Hall–Kier alpha value is -0.640. The Morgan fingerprint density at radius 2 is 2.07 bits per heavy atom. The number of thiocarbonyl (C=S) groups is 1. The molecule has 0 spiro atoms. The third kappa shape index (κ3) is 2.05. The highest BCUT2D eigenvalue weighted by Gasteiger charge is 2.16. The Morgan fingerprint density at radius 3 is 2.64 bits per heavy atom. The summed E-state index contributed by atoms with van der Waals surface area (Å²) < 4.78 is 5.24. The van der Waals surface area contributed by atoms with E-state index >= 15 is 0 Å². The second-order valence-electron chi connectivity index (χ2n) is 3.11. The molecule has 1 fully saturated rings. The average Bonchev–Trinajstić information content (AvgIpc) is 2.71. The molecule has 0 N–H and O–H groups in total. The predicted octanol–water partition coefficient (Wildman–Crippen LogP) is 2.31. The molecule has 0 amide bonds. The Bertz CT molecular complexity index is 332. The Kier molecular flexibility index (Phi) is 3.01. The fourth-order valence-corrected chi connectivity index (χ4v) is 1.76. The average molecular weight is 228 g/mol. The third-order valence-corrected chi connectivity index (χ3v) is 2.88. The molecular weight excluding hydrogens is 218 g/mol. The topological polar surface area (TPSA) is 12.5 Å². The number of rotatable bonds is 1. The smallest absolute Gasteiger partial charge is 0.119 e. The van der Waals surface area contributed by atoms with Crippen molar-refractivity contribution >= 4 is 28.8 Å². The summed E-state index contributed by atoms with van der Waals surface area (Å²) in [6, 6.07) is 7.56. The summed E-state index contributed by atoms with van der Waals surface area (Å²) in [6.45, 7) is 2.23. The van der Waals surface area contributed by atoms with Crippen LogP contribution in [0, 0.1) is 0 Å². The lowest BCUT2D eigenvalue weighted by Crippen LogP contribution is -2.27. The van der Waals surface area contributed by atoms with Gasteiger partial charge in [0.2, 0.25) is 0 Å². The maximum atomic E-state index is 5.79. The van der Waals surface area contributed by atoms with Crippen molar-refractivity contribution in [2.45, 2.75) is 0 Å². The molecule has 74 valence electrons. The van der Waals surface area contributed by atoms with Gasteiger partial charge in [0.1, 0.15) is 11.7 Å². The van der Waals surface area contributed by atoms with E-state index in [0.29, 0.717) is 6.73 Å². The van der Waals surface area contributed by atoms with Crippen molar-refractivity contribution in [2.24, 2.45) is 0 Å². The molecule has 0 bridgehead atoms. The van der Waals surface area contributed by atoms with Crippen LogP contribution in [0.2, 0.25) is 5.02 Å². The van der Waals surface area contributed by atoms with Crippen molar-refractivity contribution in [3.63, 3.8) is 0 Å². The van der Waals surface area contributed by atoms with Crippen LogP contribution < -0.4 is 0 Å². The van der Waals surface area contributed by atoms with Gasteiger partial charge < -0.3 is 9.64 Å². The van der Waals surface area contributed by atoms with E-state index in [2.05, 4.69) is 0 Å². The van der Waals surface area contributed by atoms with Crippen LogP contribution in [-0.2, 0) is 4.74 Å². The number of nitrogens with zero attached hydrogens (tertiary/aromatic N) is 1. The standard InChI is InChI=1S/C10H10ClNOS/c11-9-3-1-8(2-4-9)10(14)12-5-6-13-7-12/h1-4H,5-7H2. The normalized spacial score (nSPS) is 15.9. The maximum absolute atomic E-state index is 5.79. The van der Waals surface area contributed by atoms with Gasteiger partial charge in [-0.2, -0.15) is 0 Å². The molecule has 1 aliphatic heterocycles. The van der Waals surface area contributed by atoms with Gasteiger partial charge in [-0.25, -0.2) is 0 Å². The summed E-state index contributed by atoms with van der Waals surface area (Å²) in [5.41, 5.74) is 1.02. The van der Waals surface area contributed by atoms with Crippen LogP contribution in [-0.4, -0.2) is 29.8 Å². The first-order valence-corrected chi connectivity index (χ1v) is 5.18. The number of halogens is 1. The lowest BCUT2D eigenvalue weighted by molar-refractivity contribution is 0.170. The molecule has 2 nitrogen and oxygen atoms in total. The Balaban J connectivity index is 2.14. The monoisotopic (exact) mass is 227 g/mol. The zero-order valence-electron chi connectivity index (χ0n) is 7.57. The zero-order valence-corrected chi connectivity index (χ0v) is 9.14. The van der Waals surface area contributed by atoms with Crippen molar-refractivity contribution in [1.29, 1.82) is 0 Å². The van der Waals surface area contributed by atoms with E-state index < -0.39 is 0 Å².